The molecule has 5 heteroatoms. The highest BCUT2D eigenvalue weighted by Gasteiger charge is 2.37. The second-order valence-electron chi connectivity index (χ2n) is 4.00. The van der Waals surface area contributed by atoms with Crippen LogP contribution in [0.5, 0.6) is 11.5 Å². The maximum Gasteiger partial charge on any atom is 0.270 e. The van der Waals surface area contributed by atoms with Gasteiger partial charge in [-0.2, -0.15) is 0 Å². The van der Waals surface area contributed by atoms with Crippen molar-refractivity contribution in [3.8, 4) is 11.5 Å². The van der Waals surface area contributed by atoms with Gasteiger partial charge in [-0.15, -0.1) is 0 Å². The number of carbonyl (C=O) groups excluding carboxylic acids is 1. The van der Waals surface area contributed by atoms with Crippen LogP contribution in [0.3, 0.4) is 0 Å². The Bertz CT molecular complexity index is 431. The quantitative estimate of drug-likeness (QED) is 0.871. The predicted molar refractivity (Wildman–Crippen MR) is 65.4 cm³/mol. The molecule has 98 valence electrons. The van der Waals surface area contributed by atoms with E-state index in [9.17, 15) is 9.90 Å². The molecule has 1 amide bonds. The molecule has 0 unspecified atom stereocenters. The summed E-state index contributed by atoms with van der Waals surface area (Å²) in [6.45, 7) is 4.91. The van der Waals surface area contributed by atoms with E-state index in [1.165, 1.54) is 0 Å². The molecule has 0 radical (unpaired) electrons. The molecule has 1 heterocycles. The fourth-order valence-corrected chi connectivity index (χ4v) is 1.92. The number of nitrogens with zero attached hydrogens (tertiary/aromatic N) is 1. The molecule has 0 bridgehead atoms. The van der Waals surface area contributed by atoms with E-state index in [1.54, 1.807) is 29.2 Å². The summed E-state index contributed by atoms with van der Waals surface area (Å²) in [6.07, 6.45) is -2.27. The van der Waals surface area contributed by atoms with Crippen molar-refractivity contribution >= 4 is 5.91 Å². The number of rotatable bonds is 3. The van der Waals surface area contributed by atoms with Gasteiger partial charge in [0.05, 0.1) is 0 Å². The Morgan fingerprint density at radius 2 is 1.78 bits per heavy atom. The first kappa shape index (κ1) is 12.7. The van der Waals surface area contributed by atoms with Crippen molar-refractivity contribution in [2.75, 3.05) is 13.1 Å². The Hall–Kier alpha value is -1.75. The van der Waals surface area contributed by atoms with Crippen molar-refractivity contribution in [2.45, 2.75) is 26.2 Å². The zero-order chi connectivity index (χ0) is 13.1. The van der Waals surface area contributed by atoms with E-state index in [2.05, 4.69) is 0 Å². The number of aliphatic hydroxyl groups excluding tert-OH is 1. The van der Waals surface area contributed by atoms with Crippen molar-refractivity contribution in [3.63, 3.8) is 0 Å². The Balaban J connectivity index is 2.19. The van der Waals surface area contributed by atoms with Crippen molar-refractivity contribution < 1.29 is 19.4 Å². The van der Waals surface area contributed by atoms with Crippen LogP contribution in [0, 0.1) is 0 Å². The van der Waals surface area contributed by atoms with E-state index >= 15 is 0 Å². The molecule has 1 aromatic rings. The Labute approximate surface area is 106 Å². The second kappa shape index (κ2) is 5.27. The molecular formula is C13H17NO4. The normalized spacial score (nSPS) is 21.5. The summed E-state index contributed by atoms with van der Waals surface area (Å²) in [5, 5.41) is 9.83. The van der Waals surface area contributed by atoms with Crippen molar-refractivity contribution in [3.05, 3.63) is 24.3 Å². The van der Waals surface area contributed by atoms with Crippen LogP contribution < -0.4 is 9.47 Å². The van der Waals surface area contributed by atoms with Crippen LogP contribution in [0.2, 0.25) is 0 Å². The highest BCUT2D eigenvalue weighted by atomic mass is 16.7. The molecule has 5 nitrogen and oxygen atoms in total. The van der Waals surface area contributed by atoms with Crippen LogP contribution in [0.25, 0.3) is 0 Å². The molecule has 0 aliphatic carbocycles. The highest BCUT2D eigenvalue weighted by molar-refractivity contribution is 5.82. The lowest BCUT2D eigenvalue weighted by Gasteiger charge is -2.32. The smallest absolute Gasteiger partial charge is 0.270 e. The summed E-state index contributed by atoms with van der Waals surface area (Å²) in [6, 6.07) is 6.97. The van der Waals surface area contributed by atoms with E-state index in [-0.39, 0.29) is 5.91 Å². The van der Waals surface area contributed by atoms with Gasteiger partial charge >= 0.3 is 0 Å². The molecule has 1 aliphatic rings. The number of amides is 1. The number of hydrogen-bond donors (Lipinski definition) is 1. The predicted octanol–water partition coefficient (Wildman–Crippen LogP) is 1.01. The van der Waals surface area contributed by atoms with Crippen LogP contribution in [0.15, 0.2) is 24.3 Å². The topological polar surface area (TPSA) is 59.0 Å². The third kappa shape index (κ3) is 2.26. The summed E-state index contributed by atoms with van der Waals surface area (Å²) in [5.74, 6) is 0.670. The molecule has 2 rings (SSSR count). The molecule has 2 atom stereocenters. The molecule has 1 aliphatic heterocycles. The molecule has 1 N–H and O–H groups in total. The number of aliphatic hydroxyl groups is 1. The van der Waals surface area contributed by atoms with Gasteiger partial charge in [-0.3, -0.25) is 4.79 Å². The maximum atomic E-state index is 12.1. The molecule has 18 heavy (non-hydrogen) atoms. The molecule has 0 spiro atoms. The highest BCUT2D eigenvalue weighted by Crippen LogP contribution is 2.33. The van der Waals surface area contributed by atoms with Crippen molar-refractivity contribution in [1.29, 1.82) is 0 Å². The van der Waals surface area contributed by atoms with Gasteiger partial charge in [0.15, 0.2) is 11.5 Å². The van der Waals surface area contributed by atoms with Crippen molar-refractivity contribution in [2.24, 2.45) is 0 Å². The minimum absolute atomic E-state index is 0.262. The Kier molecular flexibility index (Phi) is 3.72. The standard InChI is InChI=1S/C13H17NO4/c1-3-14(4-2)12(15)11-13(16)18-10-8-6-5-7-9(10)17-11/h5-8,11,13,16H,3-4H2,1-2H3/t11-,13-/m0/s1. The van der Waals surface area contributed by atoms with Gasteiger partial charge in [0, 0.05) is 13.1 Å². The summed E-state index contributed by atoms with van der Waals surface area (Å²) < 4.78 is 10.8. The summed E-state index contributed by atoms with van der Waals surface area (Å²) in [5.41, 5.74) is 0. The van der Waals surface area contributed by atoms with E-state index in [0.717, 1.165) is 0 Å². The first-order valence-corrected chi connectivity index (χ1v) is 6.06. The minimum Gasteiger partial charge on any atom is -0.470 e. The third-order valence-electron chi connectivity index (χ3n) is 2.93. The summed E-state index contributed by atoms with van der Waals surface area (Å²) in [4.78, 5) is 13.7. The average Bonchev–Trinajstić information content (AvgIpc) is 2.39. The van der Waals surface area contributed by atoms with Crippen LogP contribution in [-0.4, -0.2) is 41.4 Å². The lowest BCUT2D eigenvalue weighted by molar-refractivity contribution is -0.162. The largest absolute Gasteiger partial charge is 0.470 e. The van der Waals surface area contributed by atoms with E-state index < -0.39 is 12.4 Å². The van der Waals surface area contributed by atoms with Gasteiger partial charge in [-0.1, -0.05) is 12.1 Å². The van der Waals surface area contributed by atoms with Crippen LogP contribution in [0.4, 0.5) is 0 Å². The summed E-state index contributed by atoms with van der Waals surface area (Å²) >= 11 is 0. The number of carbonyl (C=O) groups is 1. The average molecular weight is 251 g/mol. The van der Waals surface area contributed by atoms with Gasteiger partial charge < -0.3 is 19.5 Å². The fraction of sp³-hybridized carbons (Fsp3) is 0.462. The number of likely N-dealkylation sites (N-methyl/N-ethyl adjacent to an activating group) is 1. The van der Waals surface area contributed by atoms with Crippen LogP contribution in [0.1, 0.15) is 13.8 Å². The summed E-state index contributed by atoms with van der Waals surface area (Å²) in [7, 11) is 0. The monoisotopic (exact) mass is 251 g/mol. The number of benzene rings is 1. The molecule has 0 aromatic heterocycles. The van der Waals surface area contributed by atoms with Gasteiger partial charge in [-0.05, 0) is 26.0 Å². The van der Waals surface area contributed by atoms with Gasteiger partial charge in [-0.25, -0.2) is 0 Å². The van der Waals surface area contributed by atoms with Gasteiger partial charge in [0.2, 0.25) is 12.4 Å². The number of para-hydroxylation sites is 2. The second-order valence-corrected chi connectivity index (χ2v) is 4.00. The van der Waals surface area contributed by atoms with Crippen LogP contribution in [-0.2, 0) is 4.79 Å². The number of ether oxygens (including phenoxy) is 2. The van der Waals surface area contributed by atoms with Crippen molar-refractivity contribution in [1.82, 2.24) is 4.90 Å². The van der Waals surface area contributed by atoms with E-state index in [4.69, 9.17) is 9.47 Å². The SMILES string of the molecule is CCN(CC)C(=O)[C@@H]1Oc2ccccc2O[C@@H]1O. The van der Waals surface area contributed by atoms with Gasteiger partial charge in [0.25, 0.3) is 5.91 Å². The Morgan fingerprint density at radius 3 is 2.33 bits per heavy atom. The lowest BCUT2D eigenvalue weighted by Crippen LogP contribution is -2.51. The third-order valence-corrected chi connectivity index (χ3v) is 2.93. The lowest BCUT2D eigenvalue weighted by atomic mass is 10.2. The number of hydrogen-bond acceptors (Lipinski definition) is 4. The first-order valence-electron chi connectivity index (χ1n) is 6.06. The zero-order valence-corrected chi connectivity index (χ0v) is 10.5. The fourth-order valence-electron chi connectivity index (χ4n) is 1.92. The Morgan fingerprint density at radius 1 is 1.22 bits per heavy atom. The van der Waals surface area contributed by atoms with Gasteiger partial charge in [0.1, 0.15) is 0 Å². The van der Waals surface area contributed by atoms with E-state index in [1.807, 2.05) is 13.8 Å². The maximum absolute atomic E-state index is 12.1. The molecule has 0 saturated carbocycles. The molecule has 0 saturated heterocycles. The first-order chi connectivity index (χ1) is 8.67. The minimum atomic E-state index is -1.27. The number of fused-ring (bicyclic) bond motifs is 1. The molecule has 1 aromatic carbocycles. The zero-order valence-electron chi connectivity index (χ0n) is 10.5. The molecular weight excluding hydrogens is 234 g/mol. The van der Waals surface area contributed by atoms with Crippen LogP contribution >= 0.6 is 0 Å². The molecule has 0 fully saturated rings. The van der Waals surface area contributed by atoms with E-state index in [0.29, 0.717) is 24.6 Å².